The van der Waals surface area contributed by atoms with Crippen LogP contribution in [0, 0.1) is 0 Å². The zero-order valence-electron chi connectivity index (χ0n) is 12.3. The SMILES string of the molecule is CCOc1cc(N)cc(-c2nnnn2C2CCCCC2)c1. The van der Waals surface area contributed by atoms with Crippen molar-refractivity contribution in [1.82, 2.24) is 20.2 Å². The number of tetrazole rings is 1. The van der Waals surface area contributed by atoms with Gasteiger partial charge in [0.1, 0.15) is 5.75 Å². The van der Waals surface area contributed by atoms with Crippen molar-refractivity contribution in [2.75, 3.05) is 12.3 Å². The first-order chi connectivity index (χ1) is 10.3. The van der Waals surface area contributed by atoms with E-state index in [-0.39, 0.29) is 0 Å². The van der Waals surface area contributed by atoms with Gasteiger partial charge in [0.2, 0.25) is 0 Å². The van der Waals surface area contributed by atoms with Crippen LogP contribution in [0.4, 0.5) is 5.69 Å². The summed E-state index contributed by atoms with van der Waals surface area (Å²) in [6.45, 7) is 2.56. The van der Waals surface area contributed by atoms with E-state index in [2.05, 4.69) is 15.5 Å². The number of nitrogens with two attached hydrogens (primary N) is 1. The van der Waals surface area contributed by atoms with E-state index in [1.54, 1.807) is 0 Å². The summed E-state index contributed by atoms with van der Waals surface area (Å²) in [5, 5.41) is 12.3. The molecule has 0 radical (unpaired) electrons. The van der Waals surface area contributed by atoms with Crippen molar-refractivity contribution in [1.29, 1.82) is 0 Å². The fourth-order valence-corrected chi connectivity index (χ4v) is 2.96. The van der Waals surface area contributed by atoms with Crippen molar-refractivity contribution in [2.45, 2.75) is 45.1 Å². The molecule has 3 rings (SSSR count). The molecular weight excluding hydrogens is 266 g/mol. The topological polar surface area (TPSA) is 78.8 Å². The summed E-state index contributed by atoms with van der Waals surface area (Å²) in [5.74, 6) is 1.53. The maximum Gasteiger partial charge on any atom is 0.182 e. The summed E-state index contributed by atoms with van der Waals surface area (Å²) < 4.78 is 7.50. The zero-order chi connectivity index (χ0) is 14.7. The quantitative estimate of drug-likeness (QED) is 0.875. The molecule has 6 nitrogen and oxygen atoms in total. The van der Waals surface area contributed by atoms with Gasteiger partial charge >= 0.3 is 0 Å². The van der Waals surface area contributed by atoms with Crippen molar-refractivity contribution in [3.05, 3.63) is 18.2 Å². The summed E-state index contributed by atoms with van der Waals surface area (Å²) in [6.07, 6.45) is 6.06. The lowest BCUT2D eigenvalue weighted by Gasteiger charge is -2.22. The first-order valence-electron chi connectivity index (χ1n) is 7.59. The number of aromatic nitrogens is 4. The summed E-state index contributed by atoms with van der Waals surface area (Å²) >= 11 is 0. The lowest BCUT2D eigenvalue weighted by Crippen LogP contribution is -2.15. The highest BCUT2D eigenvalue weighted by Crippen LogP contribution is 2.32. The van der Waals surface area contributed by atoms with E-state index in [0.29, 0.717) is 18.3 Å². The Labute approximate surface area is 124 Å². The number of anilines is 1. The third kappa shape index (κ3) is 2.99. The number of rotatable bonds is 4. The van der Waals surface area contributed by atoms with Gasteiger partial charge in [-0.1, -0.05) is 19.3 Å². The molecule has 6 heteroatoms. The van der Waals surface area contributed by atoms with Gasteiger partial charge < -0.3 is 10.5 Å². The Bertz CT molecular complexity index is 604. The molecule has 1 aliphatic carbocycles. The van der Waals surface area contributed by atoms with E-state index in [4.69, 9.17) is 10.5 Å². The van der Waals surface area contributed by atoms with Gasteiger partial charge in [-0.05, 0) is 42.3 Å². The second kappa shape index (κ2) is 6.11. The van der Waals surface area contributed by atoms with Crippen LogP contribution in [0.25, 0.3) is 11.4 Å². The number of hydrogen-bond donors (Lipinski definition) is 1. The molecule has 2 aromatic rings. The van der Waals surface area contributed by atoms with Crippen molar-refractivity contribution >= 4 is 5.69 Å². The van der Waals surface area contributed by atoms with Gasteiger partial charge in [0, 0.05) is 17.3 Å². The predicted octanol–water partition coefficient (Wildman–Crippen LogP) is 2.83. The first-order valence-corrected chi connectivity index (χ1v) is 7.59. The molecule has 0 spiro atoms. The molecule has 1 saturated carbocycles. The normalized spacial score (nSPS) is 16.0. The minimum atomic E-state index is 0.390. The third-order valence-corrected chi connectivity index (χ3v) is 3.91. The summed E-state index contributed by atoms with van der Waals surface area (Å²) in [4.78, 5) is 0. The number of nitrogen functional groups attached to an aromatic ring is 1. The molecular formula is C15H21N5O. The maximum absolute atomic E-state index is 5.97. The monoisotopic (exact) mass is 287 g/mol. The molecule has 0 saturated heterocycles. The van der Waals surface area contributed by atoms with Gasteiger partial charge in [-0.15, -0.1) is 5.10 Å². The van der Waals surface area contributed by atoms with Gasteiger partial charge in [-0.25, -0.2) is 4.68 Å². The van der Waals surface area contributed by atoms with E-state index in [0.717, 1.165) is 30.0 Å². The molecule has 1 fully saturated rings. The fourth-order valence-electron chi connectivity index (χ4n) is 2.96. The zero-order valence-corrected chi connectivity index (χ0v) is 12.3. The van der Waals surface area contributed by atoms with Crippen LogP contribution in [0.2, 0.25) is 0 Å². The van der Waals surface area contributed by atoms with Gasteiger partial charge in [-0.2, -0.15) is 0 Å². The van der Waals surface area contributed by atoms with Crippen LogP contribution in [0.1, 0.15) is 45.1 Å². The van der Waals surface area contributed by atoms with Crippen molar-refractivity contribution in [3.63, 3.8) is 0 Å². The largest absolute Gasteiger partial charge is 0.494 e. The minimum absolute atomic E-state index is 0.390. The van der Waals surface area contributed by atoms with E-state index in [1.807, 2.05) is 29.8 Å². The molecule has 0 atom stereocenters. The van der Waals surface area contributed by atoms with Crippen molar-refractivity contribution < 1.29 is 4.74 Å². The molecule has 0 aliphatic heterocycles. The van der Waals surface area contributed by atoms with Crippen LogP contribution in [-0.4, -0.2) is 26.8 Å². The highest BCUT2D eigenvalue weighted by atomic mass is 16.5. The Balaban J connectivity index is 1.95. The van der Waals surface area contributed by atoms with Crippen LogP contribution >= 0.6 is 0 Å². The standard InChI is InChI=1S/C15H21N5O/c1-2-21-14-9-11(8-12(16)10-14)15-17-18-19-20(15)13-6-4-3-5-7-13/h8-10,13H,2-7,16H2,1H3. The fraction of sp³-hybridized carbons (Fsp3) is 0.533. The Morgan fingerprint density at radius 1 is 1.24 bits per heavy atom. The minimum Gasteiger partial charge on any atom is -0.494 e. The number of ether oxygens (including phenoxy) is 1. The lowest BCUT2D eigenvalue weighted by molar-refractivity contribution is 0.326. The average Bonchev–Trinajstić information content (AvgIpc) is 2.97. The predicted molar refractivity (Wildman–Crippen MR) is 81.0 cm³/mol. The Morgan fingerprint density at radius 2 is 2.05 bits per heavy atom. The second-order valence-electron chi connectivity index (χ2n) is 5.46. The highest BCUT2D eigenvalue weighted by Gasteiger charge is 2.21. The summed E-state index contributed by atoms with van der Waals surface area (Å²) in [6, 6.07) is 6.06. The summed E-state index contributed by atoms with van der Waals surface area (Å²) in [5.41, 5.74) is 7.54. The Morgan fingerprint density at radius 3 is 2.81 bits per heavy atom. The van der Waals surface area contributed by atoms with Crippen LogP contribution < -0.4 is 10.5 Å². The van der Waals surface area contributed by atoms with E-state index >= 15 is 0 Å². The molecule has 21 heavy (non-hydrogen) atoms. The van der Waals surface area contributed by atoms with Crippen molar-refractivity contribution in [3.8, 4) is 17.1 Å². The van der Waals surface area contributed by atoms with E-state index in [9.17, 15) is 0 Å². The molecule has 1 aliphatic rings. The van der Waals surface area contributed by atoms with Gasteiger partial charge in [-0.3, -0.25) is 0 Å². The Hall–Kier alpha value is -2.11. The highest BCUT2D eigenvalue weighted by molar-refractivity contribution is 5.64. The maximum atomic E-state index is 5.97. The van der Waals surface area contributed by atoms with Gasteiger partial charge in [0.05, 0.1) is 12.6 Å². The first kappa shape index (κ1) is 13.9. The number of benzene rings is 1. The van der Waals surface area contributed by atoms with Crippen LogP contribution in [0.3, 0.4) is 0 Å². The van der Waals surface area contributed by atoms with Gasteiger partial charge in [0.25, 0.3) is 0 Å². The molecule has 1 heterocycles. The molecule has 2 N–H and O–H groups in total. The molecule has 0 unspecified atom stereocenters. The van der Waals surface area contributed by atoms with Crippen molar-refractivity contribution in [2.24, 2.45) is 0 Å². The number of hydrogen-bond acceptors (Lipinski definition) is 5. The number of nitrogens with zero attached hydrogens (tertiary/aromatic N) is 4. The molecule has 1 aromatic carbocycles. The molecule has 0 amide bonds. The molecule has 0 bridgehead atoms. The lowest BCUT2D eigenvalue weighted by atomic mass is 9.95. The smallest absolute Gasteiger partial charge is 0.182 e. The van der Waals surface area contributed by atoms with E-state index in [1.165, 1.54) is 19.3 Å². The van der Waals surface area contributed by atoms with Gasteiger partial charge in [0.15, 0.2) is 5.82 Å². The van der Waals surface area contributed by atoms with Crippen LogP contribution in [0.15, 0.2) is 18.2 Å². The van der Waals surface area contributed by atoms with Crippen LogP contribution in [-0.2, 0) is 0 Å². The average molecular weight is 287 g/mol. The Kier molecular flexibility index (Phi) is 4.03. The summed E-state index contributed by atoms with van der Waals surface area (Å²) in [7, 11) is 0. The molecule has 1 aromatic heterocycles. The third-order valence-electron chi connectivity index (χ3n) is 3.91. The van der Waals surface area contributed by atoms with Crippen LogP contribution in [0.5, 0.6) is 5.75 Å². The second-order valence-corrected chi connectivity index (χ2v) is 5.46. The van der Waals surface area contributed by atoms with E-state index < -0.39 is 0 Å². The molecule has 112 valence electrons.